The van der Waals surface area contributed by atoms with Crippen LogP contribution in [0, 0.1) is 0 Å². The topological polar surface area (TPSA) is 231 Å². The minimum atomic E-state index is -4.95. The molecule has 0 saturated carbocycles. The van der Waals surface area contributed by atoms with Gasteiger partial charge in [-0.15, -0.1) is 0 Å². The predicted molar refractivity (Wildman–Crippen MR) is 454 cm³/mol. The molecule has 0 aromatic heterocycles. The Morgan fingerprint density at radius 3 is 0.771 bits per heavy atom. The molecule has 0 aliphatic heterocycles. The molecule has 0 aromatic carbocycles. The maximum atomic E-state index is 13.1. The van der Waals surface area contributed by atoms with Gasteiger partial charge < -0.3 is 34.2 Å². The molecule has 624 valence electrons. The molecule has 109 heavy (non-hydrogen) atoms. The van der Waals surface area contributed by atoms with Crippen LogP contribution < -0.4 is 0 Å². The molecule has 0 rings (SSSR count). The lowest BCUT2D eigenvalue weighted by Gasteiger charge is -2.21. The van der Waals surface area contributed by atoms with E-state index in [1.54, 1.807) is 0 Å². The standard InChI is InChI=1S/C91H154O16P2/c1-4-7-10-13-16-19-22-25-28-31-34-37-40-42-45-47-50-53-56-59-62-65-68-71-74-77-89(94)101-80-86(92)81-103-108(97,98)104-82-87(93)83-105-109(99,100)106-85-88(107-91(96)79-76-73-70-67-64-61-58-55-52-49-44-39-36-33-30-27-24-21-18-15-12-9-6-3)84-102-90(95)78-75-72-69-66-63-60-57-54-51-48-46-43-41-38-35-32-29-26-23-20-17-14-11-8-5-2/h9,12,16-21,25-30,34-39,42-43,45-46,49,52,86-88,92-93H,4-8,10-11,13-15,22-24,31-33,40-41,44,47-48,50-51,53-85H2,1-3H3,(H,97,98)(H,99,100)/b12-9-,19-16-,20-17-,21-18-,28-25-,29-26-,30-27-,37-34-,38-35-,39-36-,45-42-,46-43-,52-49-. The van der Waals surface area contributed by atoms with Gasteiger partial charge in [0.25, 0.3) is 0 Å². The zero-order valence-corrected chi connectivity index (χ0v) is 70.2. The van der Waals surface area contributed by atoms with Crippen LogP contribution >= 0.6 is 15.6 Å². The number of phosphoric ester groups is 2. The number of hydrogen-bond acceptors (Lipinski definition) is 14. The average Bonchev–Trinajstić information content (AvgIpc) is 0.903. The van der Waals surface area contributed by atoms with E-state index in [9.17, 15) is 43.5 Å². The second-order valence-electron chi connectivity index (χ2n) is 28.2. The highest BCUT2D eigenvalue weighted by atomic mass is 31.2. The molecule has 0 bridgehead atoms. The Bertz CT molecular complexity index is 2610. The number of allylic oxidation sites excluding steroid dienone is 26. The van der Waals surface area contributed by atoms with Crippen LogP contribution in [0.15, 0.2) is 158 Å². The van der Waals surface area contributed by atoms with Crippen LogP contribution in [0.25, 0.3) is 0 Å². The van der Waals surface area contributed by atoms with Crippen LogP contribution in [-0.2, 0) is 55.8 Å². The van der Waals surface area contributed by atoms with Crippen molar-refractivity contribution in [3.8, 4) is 0 Å². The summed E-state index contributed by atoms with van der Waals surface area (Å²) in [7, 11) is -9.82. The van der Waals surface area contributed by atoms with E-state index in [-0.39, 0.29) is 19.3 Å². The van der Waals surface area contributed by atoms with Crippen molar-refractivity contribution in [3.05, 3.63) is 158 Å². The number of phosphoric acid groups is 2. The van der Waals surface area contributed by atoms with Crippen molar-refractivity contribution in [2.75, 3.05) is 39.6 Å². The Labute approximate surface area is 663 Å². The van der Waals surface area contributed by atoms with E-state index >= 15 is 0 Å². The molecule has 0 heterocycles. The number of unbranched alkanes of at least 4 members (excludes halogenated alkanes) is 31. The molecule has 0 saturated heterocycles. The van der Waals surface area contributed by atoms with Gasteiger partial charge in [0.05, 0.1) is 26.4 Å². The van der Waals surface area contributed by atoms with Crippen molar-refractivity contribution >= 4 is 33.6 Å². The Hall–Kier alpha value is -4.83. The number of carbonyl (C=O) groups is 3. The van der Waals surface area contributed by atoms with Gasteiger partial charge in [-0.05, 0) is 154 Å². The van der Waals surface area contributed by atoms with E-state index in [0.29, 0.717) is 19.3 Å². The third-order valence-electron chi connectivity index (χ3n) is 17.7. The van der Waals surface area contributed by atoms with Crippen molar-refractivity contribution < 1.29 is 75.8 Å². The highest BCUT2D eigenvalue weighted by Crippen LogP contribution is 2.45. The molecule has 0 aromatic rings. The Kier molecular flexibility index (Phi) is 79.0. The van der Waals surface area contributed by atoms with Crippen LogP contribution in [0.2, 0.25) is 0 Å². The van der Waals surface area contributed by atoms with E-state index in [2.05, 4.69) is 179 Å². The molecule has 0 fully saturated rings. The fraction of sp³-hybridized carbons (Fsp3) is 0.681. The minimum Gasteiger partial charge on any atom is -0.463 e. The number of aliphatic hydroxyl groups is 2. The molecule has 5 unspecified atom stereocenters. The molecular formula is C91H154O16P2. The summed E-state index contributed by atoms with van der Waals surface area (Å²) in [5.74, 6) is -1.60. The first-order valence-corrected chi connectivity index (χ1v) is 45.8. The lowest BCUT2D eigenvalue weighted by molar-refractivity contribution is -0.161. The smallest absolute Gasteiger partial charge is 0.463 e. The van der Waals surface area contributed by atoms with Gasteiger partial charge in [0.1, 0.15) is 25.4 Å². The Morgan fingerprint density at radius 2 is 0.486 bits per heavy atom. The second kappa shape index (κ2) is 82.6. The number of hydrogen-bond donors (Lipinski definition) is 4. The zero-order valence-electron chi connectivity index (χ0n) is 68.4. The number of rotatable bonds is 80. The maximum absolute atomic E-state index is 13.1. The fourth-order valence-corrected chi connectivity index (χ4v) is 12.8. The number of aliphatic hydroxyl groups excluding tert-OH is 2. The maximum Gasteiger partial charge on any atom is 0.472 e. The summed E-state index contributed by atoms with van der Waals surface area (Å²) in [5.41, 5.74) is 0. The van der Waals surface area contributed by atoms with Gasteiger partial charge in [-0.2, -0.15) is 0 Å². The van der Waals surface area contributed by atoms with Crippen LogP contribution in [0.3, 0.4) is 0 Å². The predicted octanol–water partition coefficient (Wildman–Crippen LogP) is 25.8. The monoisotopic (exact) mass is 1570 g/mol. The van der Waals surface area contributed by atoms with Gasteiger partial charge in [-0.3, -0.25) is 32.5 Å². The van der Waals surface area contributed by atoms with Crippen molar-refractivity contribution in [2.45, 2.75) is 360 Å². The largest absolute Gasteiger partial charge is 0.472 e. The van der Waals surface area contributed by atoms with Crippen molar-refractivity contribution in [1.29, 1.82) is 0 Å². The second-order valence-corrected chi connectivity index (χ2v) is 31.2. The highest BCUT2D eigenvalue weighted by molar-refractivity contribution is 7.47. The molecule has 16 nitrogen and oxygen atoms in total. The molecule has 18 heteroatoms. The lowest BCUT2D eigenvalue weighted by Crippen LogP contribution is -2.30. The summed E-state index contributed by atoms with van der Waals surface area (Å²) >= 11 is 0. The third-order valence-corrected chi connectivity index (χ3v) is 19.6. The summed E-state index contributed by atoms with van der Waals surface area (Å²) in [6.45, 7) is 2.51. The van der Waals surface area contributed by atoms with Gasteiger partial charge in [0.15, 0.2) is 6.10 Å². The molecule has 5 atom stereocenters. The first-order chi connectivity index (χ1) is 53.2. The first-order valence-electron chi connectivity index (χ1n) is 42.8. The van der Waals surface area contributed by atoms with Gasteiger partial charge >= 0.3 is 33.6 Å². The van der Waals surface area contributed by atoms with Gasteiger partial charge in [0, 0.05) is 19.3 Å². The quantitative estimate of drug-likeness (QED) is 0.0146. The van der Waals surface area contributed by atoms with Gasteiger partial charge in [-0.1, -0.05) is 326 Å². The Balaban J connectivity index is 4.72. The molecule has 4 N–H and O–H groups in total. The summed E-state index contributed by atoms with van der Waals surface area (Å²) in [4.78, 5) is 58.9. The average molecular weight is 1570 g/mol. The van der Waals surface area contributed by atoms with E-state index in [4.69, 9.17) is 32.3 Å². The van der Waals surface area contributed by atoms with Crippen molar-refractivity contribution in [3.63, 3.8) is 0 Å². The van der Waals surface area contributed by atoms with E-state index in [0.717, 1.165) is 180 Å². The molecule has 0 spiro atoms. The van der Waals surface area contributed by atoms with Crippen LogP contribution in [0.4, 0.5) is 0 Å². The SMILES string of the molecule is CC/C=C\C/C=C\C/C=C\C/C=C\C/C=C\CCCCCCCCCC(=O)OC(COC(=O)CCCCCCCCCCC/C=C\C/C=C\C/C=C\C/C=C\CCCCC)COP(=O)(O)OCC(O)COP(=O)(O)OCC(O)COC(=O)CCCCCCCCCCC/C=C\C/C=C\C/C=C\C/C=C\CCCCC. The van der Waals surface area contributed by atoms with Crippen molar-refractivity contribution in [1.82, 2.24) is 0 Å². The van der Waals surface area contributed by atoms with E-state index < -0.39 is 91.5 Å². The lowest BCUT2D eigenvalue weighted by atomic mass is 10.1. The van der Waals surface area contributed by atoms with Crippen LogP contribution in [-0.4, -0.2) is 95.9 Å². The zero-order chi connectivity index (χ0) is 79.4. The summed E-state index contributed by atoms with van der Waals surface area (Å²) in [6.07, 6.45) is 104. The number of carbonyl (C=O) groups excluding carboxylic acids is 3. The molecule has 0 aliphatic carbocycles. The Morgan fingerprint density at radius 1 is 0.266 bits per heavy atom. The van der Waals surface area contributed by atoms with Crippen LogP contribution in [0.5, 0.6) is 0 Å². The van der Waals surface area contributed by atoms with Crippen LogP contribution in [0.1, 0.15) is 342 Å². The fourth-order valence-electron chi connectivity index (χ4n) is 11.2. The highest BCUT2D eigenvalue weighted by Gasteiger charge is 2.29. The summed E-state index contributed by atoms with van der Waals surface area (Å²) in [6, 6.07) is 0. The van der Waals surface area contributed by atoms with Gasteiger partial charge in [-0.25, -0.2) is 9.13 Å². The number of ether oxygens (including phenoxy) is 3. The minimum absolute atomic E-state index is 0.0848. The van der Waals surface area contributed by atoms with E-state index in [1.165, 1.54) is 103 Å². The summed E-state index contributed by atoms with van der Waals surface area (Å²) in [5, 5.41) is 20.7. The van der Waals surface area contributed by atoms with Gasteiger partial charge in [0.2, 0.25) is 0 Å². The van der Waals surface area contributed by atoms with E-state index in [1.807, 2.05) is 0 Å². The summed E-state index contributed by atoms with van der Waals surface area (Å²) < 4.78 is 61.4. The first kappa shape index (κ1) is 104. The number of esters is 3. The molecular weight excluding hydrogens is 1410 g/mol. The molecule has 0 aliphatic rings. The third kappa shape index (κ3) is 83.9. The van der Waals surface area contributed by atoms with Crippen molar-refractivity contribution in [2.24, 2.45) is 0 Å². The normalized spacial score (nSPS) is 14.7. The molecule has 0 radical (unpaired) electrons. The molecule has 0 amide bonds.